The van der Waals surface area contributed by atoms with Crippen molar-refractivity contribution in [3.63, 3.8) is 0 Å². The quantitative estimate of drug-likeness (QED) is 0.944. The lowest BCUT2D eigenvalue weighted by atomic mass is 10.2. The summed E-state index contributed by atoms with van der Waals surface area (Å²) in [5.41, 5.74) is 1.71. The van der Waals surface area contributed by atoms with E-state index >= 15 is 0 Å². The van der Waals surface area contributed by atoms with Gasteiger partial charge in [-0.25, -0.2) is 9.48 Å². The van der Waals surface area contributed by atoms with Gasteiger partial charge < -0.3 is 10.2 Å². The minimum Gasteiger partial charge on any atom is -0.323 e. The third-order valence-electron chi connectivity index (χ3n) is 4.96. The molecule has 1 atom stereocenters. The van der Waals surface area contributed by atoms with Gasteiger partial charge in [0, 0.05) is 19.1 Å². The number of aromatic nitrogens is 2. The predicted octanol–water partition coefficient (Wildman–Crippen LogP) is 2.57. The average molecular weight is 325 g/mol. The molecular formula is C18H23N5O. The zero-order valence-corrected chi connectivity index (χ0v) is 13.8. The van der Waals surface area contributed by atoms with Crippen molar-refractivity contribution in [3.8, 4) is 5.69 Å². The molecular weight excluding hydrogens is 302 g/mol. The van der Waals surface area contributed by atoms with E-state index in [2.05, 4.69) is 15.3 Å². The number of rotatable bonds is 3. The highest BCUT2D eigenvalue weighted by Gasteiger charge is 2.31. The van der Waals surface area contributed by atoms with Crippen molar-refractivity contribution in [3.05, 3.63) is 42.7 Å². The van der Waals surface area contributed by atoms with Gasteiger partial charge in [-0.15, -0.1) is 0 Å². The maximum atomic E-state index is 12.5. The summed E-state index contributed by atoms with van der Waals surface area (Å²) >= 11 is 0. The molecule has 24 heavy (non-hydrogen) atoms. The number of nitrogens with zero attached hydrogens (tertiary/aromatic N) is 4. The summed E-state index contributed by atoms with van der Waals surface area (Å²) in [6.45, 7) is 4.03. The van der Waals surface area contributed by atoms with Crippen molar-refractivity contribution in [1.82, 2.24) is 19.6 Å². The fourth-order valence-electron chi connectivity index (χ4n) is 3.64. The Kier molecular flexibility index (Phi) is 4.21. The molecule has 2 fully saturated rings. The van der Waals surface area contributed by atoms with Gasteiger partial charge in [0.15, 0.2) is 0 Å². The number of hydrogen-bond acceptors (Lipinski definition) is 3. The minimum absolute atomic E-state index is 0.0238. The monoisotopic (exact) mass is 325 g/mol. The summed E-state index contributed by atoms with van der Waals surface area (Å²) in [4.78, 5) is 16.9. The van der Waals surface area contributed by atoms with E-state index in [1.54, 1.807) is 10.9 Å². The van der Waals surface area contributed by atoms with E-state index in [9.17, 15) is 4.79 Å². The Balaban J connectivity index is 1.36. The van der Waals surface area contributed by atoms with Crippen LogP contribution in [0.5, 0.6) is 0 Å². The Hall–Kier alpha value is -2.34. The van der Waals surface area contributed by atoms with Crippen LogP contribution in [0.15, 0.2) is 42.7 Å². The van der Waals surface area contributed by atoms with Gasteiger partial charge in [-0.1, -0.05) is 18.2 Å². The third kappa shape index (κ3) is 3.14. The number of para-hydroxylation sites is 1. The van der Waals surface area contributed by atoms with Gasteiger partial charge in [-0.05, 0) is 44.5 Å². The molecule has 0 saturated carbocycles. The fraction of sp³-hybridized carbons (Fsp3) is 0.444. The Morgan fingerprint density at radius 2 is 1.92 bits per heavy atom. The largest absolute Gasteiger partial charge is 0.323 e. The lowest BCUT2D eigenvalue weighted by Gasteiger charge is -2.23. The van der Waals surface area contributed by atoms with Gasteiger partial charge in [0.2, 0.25) is 0 Å². The van der Waals surface area contributed by atoms with Crippen LogP contribution in [0.4, 0.5) is 10.5 Å². The summed E-state index contributed by atoms with van der Waals surface area (Å²) in [6, 6.07) is 10.4. The van der Waals surface area contributed by atoms with Gasteiger partial charge in [0.25, 0.3) is 0 Å². The first-order chi connectivity index (χ1) is 11.8. The Morgan fingerprint density at radius 3 is 2.71 bits per heavy atom. The topological polar surface area (TPSA) is 53.4 Å². The van der Waals surface area contributed by atoms with E-state index in [4.69, 9.17) is 0 Å². The zero-order valence-electron chi connectivity index (χ0n) is 13.8. The van der Waals surface area contributed by atoms with Crippen molar-refractivity contribution in [2.24, 2.45) is 0 Å². The highest BCUT2D eigenvalue weighted by Crippen LogP contribution is 2.21. The number of urea groups is 1. The molecule has 0 unspecified atom stereocenters. The Bertz CT molecular complexity index is 692. The molecule has 6 nitrogen and oxygen atoms in total. The SMILES string of the molecule is O=C(Nc1cnn(-c2ccccc2)c1)N1CC[C@H](N2CCCC2)C1. The van der Waals surface area contributed by atoms with Crippen LogP contribution in [0.2, 0.25) is 0 Å². The van der Waals surface area contributed by atoms with E-state index < -0.39 is 0 Å². The molecule has 126 valence electrons. The van der Waals surface area contributed by atoms with Crippen LogP contribution in [0.1, 0.15) is 19.3 Å². The van der Waals surface area contributed by atoms with Crippen LogP contribution in [-0.4, -0.2) is 57.8 Å². The lowest BCUT2D eigenvalue weighted by molar-refractivity contribution is 0.210. The van der Waals surface area contributed by atoms with Crippen molar-refractivity contribution in [1.29, 1.82) is 0 Å². The third-order valence-corrected chi connectivity index (χ3v) is 4.96. The van der Waals surface area contributed by atoms with Crippen LogP contribution in [-0.2, 0) is 0 Å². The molecule has 6 heteroatoms. The van der Waals surface area contributed by atoms with Crippen LogP contribution < -0.4 is 5.32 Å². The molecule has 1 aromatic heterocycles. The zero-order chi connectivity index (χ0) is 16.4. The van der Waals surface area contributed by atoms with Crippen LogP contribution >= 0.6 is 0 Å². The molecule has 1 aromatic carbocycles. The second kappa shape index (κ2) is 6.65. The minimum atomic E-state index is -0.0238. The lowest BCUT2D eigenvalue weighted by Crippen LogP contribution is -2.38. The number of carbonyl (C=O) groups is 1. The molecule has 0 spiro atoms. The molecule has 1 N–H and O–H groups in total. The van der Waals surface area contributed by atoms with E-state index in [-0.39, 0.29) is 6.03 Å². The van der Waals surface area contributed by atoms with Crippen LogP contribution in [0, 0.1) is 0 Å². The average Bonchev–Trinajstić information content (AvgIpc) is 3.36. The molecule has 0 radical (unpaired) electrons. The number of likely N-dealkylation sites (tertiary alicyclic amines) is 2. The van der Waals surface area contributed by atoms with E-state index in [1.165, 1.54) is 25.9 Å². The van der Waals surface area contributed by atoms with Gasteiger partial charge in [-0.3, -0.25) is 4.90 Å². The molecule has 2 amide bonds. The van der Waals surface area contributed by atoms with Crippen molar-refractivity contribution in [2.75, 3.05) is 31.5 Å². The van der Waals surface area contributed by atoms with Crippen molar-refractivity contribution >= 4 is 11.7 Å². The maximum absolute atomic E-state index is 12.5. The highest BCUT2D eigenvalue weighted by atomic mass is 16.2. The van der Waals surface area contributed by atoms with E-state index in [0.29, 0.717) is 6.04 Å². The molecule has 3 heterocycles. The molecule has 4 rings (SSSR count). The van der Waals surface area contributed by atoms with Crippen LogP contribution in [0.3, 0.4) is 0 Å². The van der Waals surface area contributed by atoms with Gasteiger partial charge in [0.1, 0.15) is 0 Å². The Morgan fingerprint density at radius 1 is 1.12 bits per heavy atom. The second-order valence-electron chi connectivity index (χ2n) is 6.57. The van der Waals surface area contributed by atoms with E-state index in [1.807, 2.05) is 41.4 Å². The highest BCUT2D eigenvalue weighted by molar-refractivity contribution is 5.89. The predicted molar refractivity (Wildman–Crippen MR) is 93.4 cm³/mol. The first kappa shape index (κ1) is 15.2. The normalized spacial score (nSPS) is 21.3. The second-order valence-corrected chi connectivity index (χ2v) is 6.57. The summed E-state index contributed by atoms with van der Waals surface area (Å²) in [5.74, 6) is 0. The van der Waals surface area contributed by atoms with Gasteiger partial charge >= 0.3 is 6.03 Å². The standard InChI is InChI=1S/C18H23N5O/c24-18(22-11-8-17(14-22)21-9-4-5-10-21)20-15-12-19-23(13-15)16-6-2-1-3-7-16/h1-3,6-7,12-13,17H,4-5,8-11,14H2,(H,20,24)/t17-/m0/s1. The van der Waals surface area contributed by atoms with Gasteiger partial charge in [0.05, 0.1) is 23.8 Å². The summed E-state index contributed by atoms with van der Waals surface area (Å²) in [7, 11) is 0. The first-order valence-electron chi connectivity index (χ1n) is 8.70. The number of nitrogens with one attached hydrogen (secondary N) is 1. The summed E-state index contributed by atoms with van der Waals surface area (Å²) in [5, 5.41) is 7.29. The molecule has 2 saturated heterocycles. The molecule has 2 aliphatic rings. The Labute approximate surface area is 142 Å². The van der Waals surface area contributed by atoms with Gasteiger partial charge in [-0.2, -0.15) is 5.10 Å². The number of carbonyl (C=O) groups excluding carboxylic acids is 1. The first-order valence-corrected chi connectivity index (χ1v) is 8.70. The number of amides is 2. The number of benzene rings is 1. The molecule has 0 aliphatic carbocycles. The number of hydrogen-bond donors (Lipinski definition) is 1. The molecule has 0 bridgehead atoms. The fourth-order valence-corrected chi connectivity index (χ4v) is 3.64. The summed E-state index contributed by atoms with van der Waals surface area (Å²) in [6.07, 6.45) is 7.21. The maximum Gasteiger partial charge on any atom is 0.321 e. The van der Waals surface area contributed by atoms with E-state index in [0.717, 1.165) is 30.9 Å². The smallest absolute Gasteiger partial charge is 0.321 e. The number of anilines is 1. The summed E-state index contributed by atoms with van der Waals surface area (Å²) < 4.78 is 1.77. The van der Waals surface area contributed by atoms with Crippen LogP contribution in [0.25, 0.3) is 5.69 Å². The van der Waals surface area contributed by atoms with Crippen molar-refractivity contribution < 1.29 is 4.79 Å². The molecule has 2 aromatic rings. The molecule has 2 aliphatic heterocycles. The van der Waals surface area contributed by atoms with Crippen molar-refractivity contribution in [2.45, 2.75) is 25.3 Å².